The molecule has 2 aliphatic rings. The van der Waals surface area contributed by atoms with Crippen molar-refractivity contribution in [2.75, 3.05) is 0 Å². The van der Waals surface area contributed by atoms with Gasteiger partial charge in [0.1, 0.15) is 5.82 Å². The van der Waals surface area contributed by atoms with Crippen LogP contribution in [0.25, 0.3) is 127 Å². The van der Waals surface area contributed by atoms with Crippen LogP contribution in [0, 0.1) is 18.5 Å². The predicted molar refractivity (Wildman–Crippen MR) is 409 cm³/mol. The monoisotopic (exact) mass is 1520 g/mol. The molecule has 0 aliphatic heterocycles. The van der Waals surface area contributed by atoms with Crippen molar-refractivity contribution >= 4 is 76.5 Å². The Hall–Kier alpha value is -10.1. The van der Waals surface area contributed by atoms with E-state index >= 15 is 0 Å². The second-order valence-electron chi connectivity index (χ2n) is 26.1. The molecule has 0 amide bonds. The molecule has 0 radical (unpaired) electrons. The van der Waals surface area contributed by atoms with Gasteiger partial charge in [0.25, 0.3) is 6.33 Å². The Morgan fingerprint density at radius 3 is 1.65 bits per heavy atom. The Kier molecular flexibility index (Phi) is 7.89. The number of rotatable bonds is 9. The molecule has 0 atom stereocenters. The third-order valence-corrected chi connectivity index (χ3v) is 18.8. The SMILES string of the molecule is [2H]c1c([2H])c2c(c([2H])c1-c1cccc(-c3c([2H])c([2H])c4c(c3[2H])C(C([2H])([2H])[2H])(C([2H])([2H])[2H])C([2H])([2H])C([2H])([2H])C4(C([2H])([2H])[2H])C([2H])([2H])[2H])c1-[n+]1[c-]n(-c3[c-]c(Oc4[c-]c5c(cc4)c4ccc(-n6c7ccccc7c7cccc(-n8c9ccccc9c9ccccc98)c76)cc4n5-c4cc(C(C)(C)C)ccn4)ccc3)c3ccccc31)C(C([2H])([2H])[2H])(C([2H])([2H])[2H])C([2H])([2H])C([2H])([2H])C2(C([2H])([2H])[2H])C([2H])([2H])[2H].[Pt]. The molecular formula is C92H80N6OPt-2. The molecule has 496 valence electrons. The molecule has 0 fully saturated rings. The zero-order valence-corrected chi connectivity index (χ0v) is 55.7. The molecule has 0 bridgehead atoms. The molecule has 0 N–H and O–H groups in total. The van der Waals surface area contributed by atoms with Crippen molar-refractivity contribution < 1.29 is 82.5 Å². The molecule has 18 rings (SSSR count). The third kappa shape index (κ3) is 9.99. The summed E-state index contributed by atoms with van der Waals surface area (Å²) in [6, 6.07) is 53.8. The van der Waals surface area contributed by atoms with Crippen molar-refractivity contribution in [3.63, 3.8) is 0 Å². The molecule has 16 aromatic rings. The summed E-state index contributed by atoms with van der Waals surface area (Å²) in [6.45, 7) is -30.3. The molecule has 8 heteroatoms. The molecule has 100 heavy (non-hydrogen) atoms. The molecule has 5 heterocycles. The van der Waals surface area contributed by atoms with Gasteiger partial charge in [0.2, 0.25) is 0 Å². The van der Waals surface area contributed by atoms with Crippen molar-refractivity contribution in [3.8, 4) is 62.3 Å². The third-order valence-electron chi connectivity index (χ3n) is 18.8. The summed E-state index contributed by atoms with van der Waals surface area (Å²) >= 11 is 0. The zero-order chi connectivity index (χ0) is 100. The second-order valence-corrected chi connectivity index (χ2v) is 26.1. The van der Waals surface area contributed by atoms with Crippen molar-refractivity contribution in [3.05, 3.63) is 283 Å². The van der Waals surface area contributed by atoms with Gasteiger partial charge in [-0.3, -0.25) is 4.57 Å². The van der Waals surface area contributed by atoms with Crippen LogP contribution in [-0.4, -0.2) is 23.3 Å². The van der Waals surface area contributed by atoms with E-state index in [0.29, 0.717) is 22.2 Å². The van der Waals surface area contributed by atoms with Gasteiger partial charge in [-0.15, -0.1) is 29.7 Å². The van der Waals surface area contributed by atoms with Gasteiger partial charge in [0.05, 0.1) is 52.7 Å². The standard InChI is InChI=1S/C92H80N6O.Pt/c1-88(2,3)60-45-50-93-85(53-60)98-83-55-62(96-77-31-15-14-27-69(77)72-30-22-36-82(87(72)96)97-78-32-16-12-25-67(78)68-26-13-17-33-79(68)97)39-41-70(83)71-42-40-64(56-84(71)98)99-63-24-20-23-61(54-63)94-57-95(81-35-19-18-34-80(81)94)86-65(58-37-43-73-75(51-58)91(8,9)48-46-89(73,4)5)28-21-29-66(86)59-38-44-74-76(52-59)92(10,11)49-47-90(74,6)7;/h12-45,50-53,55H,46-49H2,1-11H3;/q-2;/i4D3,5D3,6D3,7D3,8D3,9D3,10D3,11D3,37D,38D,43D,44D,46D2,47D2,48D2,49D2,51D,52D;. The molecule has 11 aromatic carbocycles. The van der Waals surface area contributed by atoms with Crippen LogP contribution in [0.5, 0.6) is 11.5 Å². The molecular weight excluding hydrogens is 1400 g/mol. The van der Waals surface area contributed by atoms with Gasteiger partial charge in [0.15, 0.2) is 0 Å². The van der Waals surface area contributed by atoms with Crippen LogP contribution >= 0.6 is 0 Å². The normalized spacial score (nSPS) is 24.0. The first-order valence-corrected chi connectivity index (χ1v) is 31.9. The van der Waals surface area contributed by atoms with Gasteiger partial charge in [0, 0.05) is 115 Å². The predicted octanol–water partition coefficient (Wildman–Crippen LogP) is 23.1. The fourth-order valence-corrected chi connectivity index (χ4v) is 14.2. The largest absolute Gasteiger partial charge is 0.510 e. The van der Waals surface area contributed by atoms with Crippen LogP contribution in [0.2, 0.25) is 0 Å². The van der Waals surface area contributed by atoms with Crippen LogP contribution in [0.3, 0.4) is 0 Å². The molecule has 7 nitrogen and oxygen atoms in total. The van der Waals surface area contributed by atoms with Crippen LogP contribution in [0.15, 0.2) is 237 Å². The van der Waals surface area contributed by atoms with Crippen molar-refractivity contribution in [2.45, 2.75) is 128 Å². The van der Waals surface area contributed by atoms with Crippen molar-refractivity contribution in [1.29, 1.82) is 0 Å². The summed E-state index contributed by atoms with van der Waals surface area (Å²) in [5, 5.41) is 5.66. The topological polar surface area (TPSA) is 45.7 Å². The summed E-state index contributed by atoms with van der Waals surface area (Å²) < 4.78 is 372. The number of aromatic nitrogens is 6. The maximum Gasteiger partial charge on any atom is 0.268 e. The molecule has 0 saturated carbocycles. The number of benzene rings is 11. The van der Waals surface area contributed by atoms with E-state index in [0.717, 1.165) is 88.7 Å². The number of pyridine rings is 1. The number of para-hydroxylation sites is 7. The quantitative estimate of drug-likeness (QED) is 0.107. The number of fused-ring (bicyclic) bond motifs is 12. The molecule has 0 saturated heterocycles. The van der Waals surface area contributed by atoms with E-state index in [4.69, 9.17) is 42.6 Å². The summed E-state index contributed by atoms with van der Waals surface area (Å²) in [5.41, 5.74) is -24.8. The number of ether oxygens (including phenoxy) is 1. The van der Waals surface area contributed by atoms with Gasteiger partial charge in [-0.1, -0.05) is 233 Å². The van der Waals surface area contributed by atoms with Crippen LogP contribution in [0.1, 0.15) is 181 Å². The summed E-state index contributed by atoms with van der Waals surface area (Å²) in [5.74, 6) is 0.564. The van der Waals surface area contributed by atoms with Crippen LogP contribution < -0.4 is 9.30 Å². The van der Waals surface area contributed by atoms with Crippen LogP contribution in [-0.2, 0) is 48.1 Å². The Morgan fingerprint density at radius 2 is 1.02 bits per heavy atom. The molecule has 2 aliphatic carbocycles. The fraction of sp³-hybridized carbons (Fsp3) is 0.217. The minimum atomic E-state index is -4.87. The minimum absolute atomic E-state index is 0. The van der Waals surface area contributed by atoms with E-state index in [9.17, 15) is 19.2 Å². The average Bonchev–Trinajstić information content (AvgIpc) is 0.773. The summed E-state index contributed by atoms with van der Waals surface area (Å²) in [7, 11) is 0. The summed E-state index contributed by atoms with van der Waals surface area (Å²) in [6.07, 6.45) is -14.5. The van der Waals surface area contributed by atoms with Crippen molar-refractivity contribution in [1.82, 2.24) is 23.3 Å². The van der Waals surface area contributed by atoms with Gasteiger partial charge in [-0.05, 0) is 162 Å². The Balaban J connectivity index is 0.0000132. The number of hydrogen-bond acceptors (Lipinski definition) is 2. The molecule has 5 aromatic heterocycles. The van der Waals surface area contributed by atoms with Gasteiger partial charge >= 0.3 is 0 Å². The first-order valence-electron chi connectivity index (χ1n) is 50.9. The average molecular weight is 1520 g/mol. The van der Waals surface area contributed by atoms with Crippen molar-refractivity contribution in [2.24, 2.45) is 0 Å². The van der Waals surface area contributed by atoms with E-state index in [1.807, 2.05) is 65.2 Å². The number of hydrogen-bond donors (Lipinski definition) is 0. The summed E-state index contributed by atoms with van der Waals surface area (Å²) in [4.78, 5) is 5.03. The molecule has 0 unspecified atom stereocenters. The Labute approximate surface area is 653 Å². The Bertz CT molecular complexity index is 7500. The van der Waals surface area contributed by atoms with Gasteiger partial charge in [-0.25, -0.2) is 4.98 Å². The van der Waals surface area contributed by atoms with Gasteiger partial charge < -0.3 is 23.0 Å². The van der Waals surface area contributed by atoms with E-state index < -0.39 is 188 Å². The fourth-order valence-electron chi connectivity index (χ4n) is 14.2. The van der Waals surface area contributed by atoms with E-state index in [-0.39, 0.29) is 54.7 Å². The number of imidazole rings is 1. The first kappa shape index (κ1) is 34.3. The Morgan fingerprint density at radius 1 is 0.490 bits per heavy atom. The number of nitrogens with zero attached hydrogens (tertiary/aromatic N) is 6. The van der Waals surface area contributed by atoms with E-state index in [1.165, 1.54) is 47.0 Å². The van der Waals surface area contributed by atoms with E-state index in [2.05, 4.69) is 115 Å². The smallest absolute Gasteiger partial charge is 0.268 e. The maximum absolute atomic E-state index is 10.5. The molecule has 0 spiro atoms. The second kappa shape index (κ2) is 23.0. The van der Waals surface area contributed by atoms with Crippen LogP contribution in [0.4, 0.5) is 0 Å². The van der Waals surface area contributed by atoms with E-state index in [1.54, 1.807) is 12.3 Å². The first-order chi connectivity index (χ1) is 63.3. The minimum Gasteiger partial charge on any atom is -0.510 e. The van der Waals surface area contributed by atoms with Gasteiger partial charge in [-0.2, -0.15) is 18.2 Å². The maximum atomic E-state index is 10.5. The zero-order valence-electron chi connectivity index (χ0n) is 91.5.